The molecule has 1 aromatic carbocycles. The van der Waals surface area contributed by atoms with E-state index in [0.29, 0.717) is 6.54 Å². The van der Waals surface area contributed by atoms with Crippen LogP contribution in [0.5, 0.6) is 0 Å². The van der Waals surface area contributed by atoms with E-state index >= 15 is 0 Å². The minimum absolute atomic E-state index is 0.636. The molecule has 2 heteroatoms. The van der Waals surface area contributed by atoms with Gasteiger partial charge in [0, 0.05) is 25.3 Å². The summed E-state index contributed by atoms with van der Waals surface area (Å²) < 4.78 is 0. The molecule has 0 bridgehead atoms. The van der Waals surface area contributed by atoms with Crippen LogP contribution in [0.25, 0.3) is 0 Å². The lowest BCUT2D eigenvalue weighted by molar-refractivity contribution is 0.447. The normalized spacial score (nSPS) is 21.7. The largest absolute Gasteiger partial charge is 0.371 e. The number of rotatable bonds is 2. The predicted molar refractivity (Wildman–Crippen MR) is 64.9 cm³/mol. The number of nitrogens with zero attached hydrogens (tertiary/aromatic N) is 1. The van der Waals surface area contributed by atoms with Crippen LogP contribution >= 0.6 is 0 Å². The first kappa shape index (κ1) is 10.5. The van der Waals surface area contributed by atoms with E-state index in [1.54, 1.807) is 0 Å². The van der Waals surface area contributed by atoms with Crippen molar-refractivity contribution >= 4 is 5.69 Å². The van der Waals surface area contributed by atoms with Gasteiger partial charge < -0.3 is 10.6 Å². The molecule has 1 aliphatic heterocycles. The lowest BCUT2D eigenvalue weighted by Gasteiger charge is -2.32. The van der Waals surface area contributed by atoms with Gasteiger partial charge in [0.15, 0.2) is 0 Å². The predicted octanol–water partition coefficient (Wildman–Crippen LogP) is 2.38. The molecule has 0 aliphatic carbocycles. The Balaban J connectivity index is 2.07. The summed E-state index contributed by atoms with van der Waals surface area (Å²) in [4.78, 5) is 2.48. The monoisotopic (exact) mass is 204 g/mol. The van der Waals surface area contributed by atoms with Gasteiger partial charge in [0.1, 0.15) is 0 Å². The summed E-state index contributed by atoms with van der Waals surface area (Å²) in [5, 5.41) is 0. The van der Waals surface area contributed by atoms with Gasteiger partial charge in [-0.3, -0.25) is 0 Å². The van der Waals surface area contributed by atoms with Crippen molar-refractivity contribution in [3.8, 4) is 0 Å². The van der Waals surface area contributed by atoms with Crippen LogP contribution in [0.4, 0.5) is 5.69 Å². The van der Waals surface area contributed by atoms with E-state index in [9.17, 15) is 0 Å². The van der Waals surface area contributed by atoms with Gasteiger partial charge >= 0.3 is 0 Å². The minimum atomic E-state index is 0.636. The lowest BCUT2D eigenvalue weighted by atomic mass is 9.99. The Hall–Kier alpha value is -1.02. The molecule has 0 aromatic heterocycles. The van der Waals surface area contributed by atoms with Crippen molar-refractivity contribution in [2.24, 2.45) is 11.7 Å². The zero-order valence-electron chi connectivity index (χ0n) is 9.45. The Morgan fingerprint density at radius 3 is 2.67 bits per heavy atom. The first-order valence-electron chi connectivity index (χ1n) is 5.83. The molecule has 15 heavy (non-hydrogen) atoms. The topological polar surface area (TPSA) is 29.3 Å². The molecule has 1 aromatic rings. The summed E-state index contributed by atoms with van der Waals surface area (Å²) >= 11 is 0. The molecule has 0 spiro atoms. The maximum atomic E-state index is 5.59. The molecule has 0 radical (unpaired) electrons. The van der Waals surface area contributed by atoms with Gasteiger partial charge in [-0.15, -0.1) is 0 Å². The van der Waals surface area contributed by atoms with E-state index in [1.807, 2.05) is 0 Å². The maximum absolute atomic E-state index is 5.59. The molecule has 2 N–H and O–H groups in total. The highest BCUT2D eigenvalue weighted by Gasteiger charge is 2.16. The lowest BCUT2D eigenvalue weighted by Crippen LogP contribution is -2.34. The summed E-state index contributed by atoms with van der Waals surface area (Å²) in [6.45, 7) is 5.37. The van der Waals surface area contributed by atoms with Crippen molar-refractivity contribution in [1.82, 2.24) is 0 Å². The summed E-state index contributed by atoms with van der Waals surface area (Å²) in [5.74, 6) is 0.827. The first-order chi connectivity index (χ1) is 7.29. The second kappa shape index (κ2) is 4.67. The van der Waals surface area contributed by atoms with Crippen LogP contribution in [0.3, 0.4) is 0 Å². The molecule has 2 nitrogen and oxygen atoms in total. The zero-order chi connectivity index (χ0) is 10.7. The Morgan fingerprint density at radius 2 is 2.07 bits per heavy atom. The third-order valence-electron chi connectivity index (χ3n) is 3.19. The van der Waals surface area contributed by atoms with E-state index in [0.717, 1.165) is 5.92 Å². The number of piperidine rings is 1. The molecule has 1 unspecified atom stereocenters. The van der Waals surface area contributed by atoms with Crippen molar-refractivity contribution < 1.29 is 0 Å². The smallest absolute Gasteiger partial charge is 0.0366 e. The fourth-order valence-corrected chi connectivity index (χ4v) is 2.27. The third kappa shape index (κ3) is 2.51. The summed E-state index contributed by atoms with van der Waals surface area (Å²) in [6, 6.07) is 8.66. The highest BCUT2D eigenvalue weighted by molar-refractivity contribution is 5.48. The molecule has 0 saturated carbocycles. The van der Waals surface area contributed by atoms with Gasteiger partial charge in [-0.2, -0.15) is 0 Å². The van der Waals surface area contributed by atoms with Crippen molar-refractivity contribution in [2.45, 2.75) is 26.3 Å². The Kier molecular flexibility index (Phi) is 3.27. The van der Waals surface area contributed by atoms with Crippen LogP contribution < -0.4 is 10.6 Å². The van der Waals surface area contributed by atoms with Crippen LogP contribution in [0.15, 0.2) is 24.3 Å². The first-order valence-corrected chi connectivity index (χ1v) is 5.83. The minimum Gasteiger partial charge on any atom is -0.371 e. The van der Waals surface area contributed by atoms with Gasteiger partial charge in [0.25, 0.3) is 0 Å². The Morgan fingerprint density at radius 1 is 1.33 bits per heavy atom. The van der Waals surface area contributed by atoms with E-state index in [2.05, 4.69) is 36.1 Å². The molecule has 1 atom stereocenters. The highest BCUT2D eigenvalue weighted by atomic mass is 15.1. The SMILES string of the molecule is CC1CCCN(c2ccc(CN)cc2)C1. The van der Waals surface area contributed by atoms with Gasteiger partial charge in [0.05, 0.1) is 0 Å². The average Bonchev–Trinajstić information content (AvgIpc) is 2.29. The van der Waals surface area contributed by atoms with Crippen LogP contribution in [-0.2, 0) is 6.54 Å². The fraction of sp³-hybridized carbons (Fsp3) is 0.538. The third-order valence-corrected chi connectivity index (χ3v) is 3.19. The molecule has 1 saturated heterocycles. The van der Waals surface area contributed by atoms with Crippen LogP contribution in [-0.4, -0.2) is 13.1 Å². The maximum Gasteiger partial charge on any atom is 0.0366 e. The van der Waals surface area contributed by atoms with Gasteiger partial charge in [-0.25, -0.2) is 0 Å². The summed E-state index contributed by atoms with van der Waals surface area (Å²) in [6.07, 6.45) is 2.69. The molecule has 1 fully saturated rings. The Labute approximate surface area is 92.1 Å². The van der Waals surface area contributed by atoms with Crippen molar-refractivity contribution in [2.75, 3.05) is 18.0 Å². The van der Waals surface area contributed by atoms with Gasteiger partial charge in [0.2, 0.25) is 0 Å². The van der Waals surface area contributed by atoms with E-state index in [1.165, 1.54) is 37.2 Å². The number of hydrogen-bond acceptors (Lipinski definition) is 2. The summed E-state index contributed by atoms with van der Waals surface area (Å²) in [7, 11) is 0. The highest BCUT2D eigenvalue weighted by Crippen LogP contribution is 2.22. The quantitative estimate of drug-likeness (QED) is 0.801. The van der Waals surface area contributed by atoms with E-state index in [-0.39, 0.29) is 0 Å². The standard InChI is InChI=1S/C13H20N2/c1-11-3-2-8-15(10-11)13-6-4-12(9-14)5-7-13/h4-7,11H,2-3,8-10,14H2,1H3. The van der Waals surface area contributed by atoms with Gasteiger partial charge in [-0.1, -0.05) is 19.1 Å². The van der Waals surface area contributed by atoms with Crippen LogP contribution in [0, 0.1) is 5.92 Å². The van der Waals surface area contributed by atoms with Crippen LogP contribution in [0.1, 0.15) is 25.3 Å². The molecule has 2 rings (SSSR count). The van der Waals surface area contributed by atoms with Crippen LogP contribution in [0.2, 0.25) is 0 Å². The van der Waals surface area contributed by atoms with Crippen molar-refractivity contribution in [1.29, 1.82) is 0 Å². The molecular weight excluding hydrogens is 184 g/mol. The van der Waals surface area contributed by atoms with Crippen molar-refractivity contribution in [3.05, 3.63) is 29.8 Å². The molecule has 1 heterocycles. The number of benzene rings is 1. The summed E-state index contributed by atoms with van der Waals surface area (Å²) in [5.41, 5.74) is 8.14. The second-order valence-electron chi connectivity index (χ2n) is 4.56. The average molecular weight is 204 g/mol. The molecule has 82 valence electrons. The number of anilines is 1. The molecule has 0 amide bonds. The van der Waals surface area contributed by atoms with E-state index < -0.39 is 0 Å². The molecular formula is C13H20N2. The Bertz CT molecular complexity index is 305. The van der Waals surface area contributed by atoms with Crippen molar-refractivity contribution in [3.63, 3.8) is 0 Å². The fourth-order valence-electron chi connectivity index (χ4n) is 2.27. The van der Waals surface area contributed by atoms with Gasteiger partial charge in [-0.05, 0) is 36.5 Å². The zero-order valence-corrected chi connectivity index (χ0v) is 9.45. The number of hydrogen-bond donors (Lipinski definition) is 1. The number of nitrogens with two attached hydrogens (primary N) is 1. The second-order valence-corrected chi connectivity index (χ2v) is 4.56. The molecule has 1 aliphatic rings. The van der Waals surface area contributed by atoms with E-state index in [4.69, 9.17) is 5.73 Å².